The number of para-hydroxylation sites is 1. The van der Waals surface area contributed by atoms with Crippen LogP contribution < -0.4 is 20.1 Å². The fraction of sp³-hybridized carbons (Fsp3) is 0.263. The Labute approximate surface area is 152 Å². The van der Waals surface area contributed by atoms with Gasteiger partial charge in [0.25, 0.3) is 0 Å². The molecule has 2 N–H and O–H groups in total. The van der Waals surface area contributed by atoms with Gasteiger partial charge in [-0.25, -0.2) is 9.59 Å². The number of carbonyl (C=O) groups excluding carboxylic acids is 2. The summed E-state index contributed by atoms with van der Waals surface area (Å²) in [5, 5.41) is 5.51. The van der Waals surface area contributed by atoms with E-state index < -0.39 is 5.97 Å². The molecule has 7 nitrogen and oxygen atoms in total. The van der Waals surface area contributed by atoms with Gasteiger partial charge in [-0.2, -0.15) is 0 Å². The van der Waals surface area contributed by atoms with Crippen molar-refractivity contribution in [2.75, 3.05) is 21.3 Å². The van der Waals surface area contributed by atoms with Crippen LogP contribution in [0.25, 0.3) is 0 Å². The van der Waals surface area contributed by atoms with Gasteiger partial charge >= 0.3 is 12.0 Å². The molecule has 2 aromatic carbocycles. The molecule has 0 atom stereocenters. The fourth-order valence-electron chi connectivity index (χ4n) is 2.40. The molecule has 2 rings (SSSR count). The molecular weight excluding hydrogens is 336 g/mol. The second-order valence-electron chi connectivity index (χ2n) is 5.37. The Hall–Kier alpha value is -3.22. The number of nitrogens with one attached hydrogen (secondary N) is 2. The first-order valence-corrected chi connectivity index (χ1v) is 7.97. The first kappa shape index (κ1) is 19.1. The summed E-state index contributed by atoms with van der Waals surface area (Å²) < 4.78 is 15.1. The van der Waals surface area contributed by atoms with Crippen molar-refractivity contribution in [2.24, 2.45) is 0 Å². The van der Waals surface area contributed by atoms with E-state index in [0.717, 1.165) is 11.1 Å². The highest BCUT2D eigenvalue weighted by molar-refractivity contribution is 5.92. The van der Waals surface area contributed by atoms with Crippen molar-refractivity contribution in [1.29, 1.82) is 0 Å². The molecule has 0 bridgehead atoms. The lowest BCUT2D eigenvalue weighted by atomic mass is 10.1. The van der Waals surface area contributed by atoms with Gasteiger partial charge in [0.05, 0.1) is 21.3 Å². The van der Waals surface area contributed by atoms with Crippen LogP contribution >= 0.6 is 0 Å². The third-order valence-corrected chi connectivity index (χ3v) is 3.75. The minimum absolute atomic E-state index is 0.256. The zero-order chi connectivity index (χ0) is 18.9. The van der Waals surface area contributed by atoms with E-state index in [0.29, 0.717) is 23.6 Å². The van der Waals surface area contributed by atoms with Crippen molar-refractivity contribution in [1.82, 2.24) is 10.6 Å². The van der Waals surface area contributed by atoms with E-state index in [2.05, 4.69) is 10.6 Å². The fourth-order valence-corrected chi connectivity index (χ4v) is 2.40. The maximum Gasteiger partial charge on any atom is 0.341 e. The van der Waals surface area contributed by atoms with Crippen molar-refractivity contribution in [2.45, 2.75) is 13.1 Å². The van der Waals surface area contributed by atoms with Gasteiger partial charge < -0.3 is 24.8 Å². The van der Waals surface area contributed by atoms with Gasteiger partial charge in [-0.3, -0.25) is 0 Å². The molecule has 0 radical (unpaired) electrons. The summed E-state index contributed by atoms with van der Waals surface area (Å²) in [5.74, 6) is 0.635. The van der Waals surface area contributed by atoms with E-state index in [4.69, 9.17) is 14.2 Å². The first-order valence-electron chi connectivity index (χ1n) is 7.97. The topological polar surface area (TPSA) is 85.9 Å². The van der Waals surface area contributed by atoms with E-state index in [1.807, 2.05) is 24.3 Å². The van der Waals surface area contributed by atoms with E-state index >= 15 is 0 Å². The maximum absolute atomic E-state index is 12.0. The highest BCUT2D eigenvalue weighted by Crippen LogP contribution is 2.21. The zero-order valence-electron chi connectivity index (χ0n) is 15.0. The number of esters is 1. The summed E-state index contributed by atoms with van der Waals surface area (Å²) in [5.41, 5.74) is 1.94. The third-order valence-electron chi connectivity index (χ3n) is 3.75. The first-order chi connectivity index (χ1) is 12.6. The summed E-state index contributed by atoms with van der Waals surface area (Å²) in [7, 11) is 4.37. The number of rotatable bonds is 7. The lowest BCUT2D eigenvalue weighted by molar-refractivity contribution is 0.0597. The van der Waals surface area contributed by atoms with Crippen LogP contribution in [-0.2, 0) is 17.8 Å². The molecular formula is C19H22N2O5. The molecule has 26 heavy (non-hydrogen) atoms. The van der Waals surface area contributed by atoms with Crippen LogP contribution in [0.1, 0.15) is 21.5 Å². The van der Waals surface area contributed by atoms with Gasteiger partial charge in [0.1, 0.15) is 17.1 Å². The Morgan fingerprint density at radius 1 is 0.885 bits per heavy atom. The summed E-state index contributed by atoms with van der Waals surface area (Å²) >= 11 is 0. The van der Waals surface area contributed by atoms with Gasteiger partial charge in [0.15, 0.2) is 0 Å². The summed E-state index contributed by atoms with van der Waals surface area (Å²) in [4.78, 5) is 23.8. The average molecular weight is 358 g/mol. The van der Waals surface area contributed by atoms with Crippen LogP contribution in [0.2, 0.25) is 0 Å². The SMILES string of the molecule is COC(=O)c1cc(CNC(=O)NCc2ccccc2OC)ccc1OC. The predicted octanol–water partition coefficient (Wildman–Crippen LogP) is 2.49. The standard InChI is InChI=1S/C19H22N2O5/c1-24-16-7-5-4-6-14(16)12-21-19(23)20-11-13-8-9-17(25-2)15(10-13)18(22)26-3/h4-10H,11-12H2,1-3H3,(H2,20,21,23). The summed E-state index contributed by atoms with van der Waals surface area (Å²) in [6, 6.07) is 12.2. The Morgan fingerprint density at radius 3 is 2.27 bits per heavy atom. The Balaban J connectivity index is 1.94. The molecule has 7 heteroatoms. The van der Waals surface area contributed by atoms with Gasteiger partial charge in [-0.15, -0.1) is 0 Å². The van der Waals surface area contributed by atoms with E-state index in [-0.39, 0.29) is 12.6 Å². The smallest absolute Gasteiger partial charge is 0.341 e. The largest absolute Gasteiger partial charge is 0.496 e. The van der Waals surface area contributed by atoms with Crippen LogP contribution in [-0.4, -0.2) is 33.3 Å². The second kappa shape index (κ2) is 9.31. The van der Waals surface area contributed by atoms with E-state index in [9.17, 15) is 9.59 Å². The molecule has 2 aromatic rings. The molecule has 0 aliphatic carbocycles. The molecule has 0 aliphatic heterocycles. The predicted molar refractivity (Wildman–Crippen MR) is 96.4 cm³/mol. The highest BCUT2D eigenvalue weighted by Gasteiger charge is 2.13. The van der Waals surface area contributed by atoms with Crippen LogP contribution in [0.5, 0.6) is 11.5 Å². The molecule has 0 fully saturated rings. The van der Waals surface area contributed by atoms with Crippen LogP contribution in [0.4, 0.5) is 4.79 Å². The number of methoxy groups -OCH3 is 3. The second-order valence-corrected chi connectivity index (χ2v) is 5.37. The molecule has 0 saturated carbocycles. The van der Waals surface area contributed by atoms with E-state index in [1.54, 1.807) is 25.3 Å². The normalized spacial score (nSPS) is 9.96. The maximum atomic E-state index is 12.0. The molecule has 0 spiro atoms. The van der Waals surface area contributed by atoms with Gasteiger partial charge in [-0.1, -0.05) is 24.3 Å². The minimum atomic E-state index is -0.496. The quantitative estimate of drug-likeness (QED) is 0.743. The van der Waals surface area contributed by atoms with Crippen molar-refractivity contribution in [3.8, 4) is 11.5 Å². The van der Waals surface area contributed by atoms with Crippen molar-refractivity contribution in [3.05, 3.63) is 59.2 Å². The van der Waals surface area contributed by atoms with Gasteiger partial charge in [0, 0.05) is 18.7 Å². The molecule has 0 aliphatic rings. The van der Waals surface area contributed by atoms with Gasteiger partial charge in [-0.05, 0) is 23.8 Å². The van der Waals surface area contributed by atoms with Crippen molar-refractivity contribution >= 4 is 12.0 Å². The number of hydrogen-bond acceptors (Lipinski definition) is 5. The van der Waals surface area contributed by atoms with Crippen molar-refractivity contribution < 1.29 is 23.8 Å². The highest BCUT2D eigenvalue weighted by atomic mass is 16.5. The lowest BCUT2D eigenvalue weighted by Gasteiger charge is -2.12. The Bertz CT molecular complexity index is 776. The Kier molecular flexibility index (Phi) is 6.84. The Morgan fingerprint density at radius 2 is 1.58 bits per heavy atom. The van der Waals surface area contributed by atoms with Crippen LogP contribution in [0.3, 0.4) is 0 Å². The summed E-state index contributed by atoms with van der Waals surface area (Å²) in [6.07, 6.45) is 0. The van der Waals surface area contributed by atoms with Crippen molar-refractivity contribution in [3.63, 3.8) is 0 Å². The lowest BCUT2D eigenvalue weighted by Crippen LogP contribution is -2.34. The molecule has 0 aromatic heterocycles. The molecule has 2 amide bonds. The minimum Gasteiger partial charge on any atom is -0.496 e. The number of amides is 2. The number of hydrogen-bond donors (Lipinski definition) is 2. The summed E-state index contributed by atoms with van der Waals surface area (Å²) in [6.45, 7) is 0.595. The average Bonchev–Trinajstić information content (AvgIpc) is 2.69. The van der Waals surface area contributed by atoms with Crippen LogP contribution in [0, 0.1) is 0 Å². The number of carbonyl (C=O) groups is 2. The molecule has 0 saturated heterocycles. The number of benzene rings is 2. The van der Waals surface area contributed by atoms with E-state index in [1.165, 1.54) is 14.2 Å². The molecule has 0 unspecified atom stereocenters. The zero-order valence-corrected chi connectivity index (χ0v) is 15.0. The molecule has 138 valence electrons. The van der Waals surface area contributed by atoms with Gasteiger partial charge in [0.2, 0.25) is 0 Å². The number of urea groups is 1. The van der Waals surface area contributed by atoms with Crippen LogP contribution in [0.15, 0.2) is 42.5 Å². The third kappa shape index (κ3) is 4.89. The molecule has 0 heterocycles. The monoisotopic (exact) mass is 358 g/mol. The number of ether oxygens (including phenoxy) is 3.